The third kappa shape index (κ3) is 4.41. The van der Waals surface area contributed by atoms with Gasteiger partial charge in [0, 0.05) is 18.6 Å². The Morgan fingerprint density at radius 1 is 1.38 bits per heavy atom. The van der Waals surface area contributed by atoms with Crippen molar-refractivity contribution in [3.8, 4) is 5.75 Å². The number of methoxy groups -OCH3 is 1. The van der Waals surface area contributed by atoms with Gasteiger partial charge in [0.2, 0.25) is 5.75 Å². The van der Waals surface area contributed by atoms with E-state index in [2.05, 4.69) is 4.74 Å². The maximum atomic E-state index is 11.4. The van der Waals surface area contributed by atoms with Gasteiger partial charge in [-0.25, -0.2) is 4.79 Å². The molecule has 0 aromatic heterocycles. The molecule has 0 aliphatic rings. The van der Waals surface area contributed by atoms with Crippen LogP contribution < -0.4 is 4.74 Å². The summed E-state index contributed by atoms with van der Waals surface area (Å²) in [6.07, 6.45) is 1.57. The van der Waals surface area contributed by atoms with Crippen LogP contribution in [0, 0.1) is 10.1 Å². The lowest BCUT2D eigenvalue weighted by Crippen LogP contribution is -2.04. The molecule has 0 saturated carbocycles. The molecule has 0 bridgehead atoms. The van der Waals surface area contributed by atoms with Crippen molar-refractivity contribution < 1.29 is 24.0 Å². The number of nitro benzene ring substituents is 1. The van der Waals surface area contributed by atoms with Gasteiger partial charge < -0.3 is 9.47 Å². The number of rotatable bonds is 6. The average molecular weight is 293 g/mol. The third-order valence-electron chi connectivity index (χ3n) is 2.56. The highest BCUT2D eigenvalue weighted by Gasteiger charge is 2.19. The van der Waals surface area contributed by atoms with E-state index >= 15 is 0 Å². The van der Waals surface area contributed by atoms with Crippen LogP contribution in [0.3, 0.4) is 0 Å². The van der Waals surface area contributed by atoms with Crippen molar-refractivity contribution in [3.63, 3.8) is 0 Å². The summed E-state index contributed by atoms with van der Waals surface area (Å²) in [6, 6.07) is 3.71. The number of nitro groups is 1. The van der Waals surface area contributed by atoms with Gasteiger partial charge >= 0.3 is 11.7 Å². The predicted molar refractivity (Wildman–Crippen MR) is 74.1 cm³/mol. The van der Waals surface area contributed by atoms with E-state index in [1.165, 1.54) is 32.2 Å². The molecule has 0 spiro atoms. The van der Waals surface area contributed by atoms with Gasteiger partial charge in [0.1, 0.15) is 5.76 Å². The van der Waals surface area contributed by atoms with Crippen LogP contribution >= 0.6 is 0 Å². The molecule has 0 fully saturated rings. The summed E-state index contributed by atoms with van der Waals surface area (Å²) >= 11 is 0. The molecule has 0 aliphatic carbocycles. The minimum absolute atomic E-state index is 0.0443. The molecular weight excluding hydrogens is 278 g/mol. The van der Waals surface area contributed by atoms with Gasteiger partial charge in [-0.1, -0.05) is 6.92 Å². The molecule has 1 aromatic carbocycles. The van der Waals surface area contributed by atoms with E-state index in [1.807, 2.05) is 0 Å². The van der Waals surface area contributed by atoms with Gasteiger partial charge in [-0.05, 0) is 19.1 Å². The lowest BCUT2D eigenvalue weighted by Gasteiger charge is -2.07. The SMILES string of the molecule is CCC(=O)/C=C(/C)Oc1ccc(C(=O)OC)cc1[N+](=O)[O-]. The number of benzene rings is 1. The minimum atomic E-state index is -0.682. The first-order valence-electron chi connectivity index (χ1n) is 6.14. The van der Waals surface area contributed by atoms with Crippen molar-refractivity contribution in [2.45, 2.75) is 20.3 Å². The number of hydrogen-bond donors (Lipinski definition) is 0. The zero-order chi connectivity index (χ0) is 16.0. The number of nitrogens with zero attached hydrogens (tertiary/aromatic N) is 1. The zero-order valence-corrected chi connectivity index (χ0v) is 11.9. The molecule has 1 rings (SSSR count). The molecule has 0 radical (unpaired) electrons. The summed E-state index contributed by atoms with van der Waals surface area (Å²) in [5.41, 5.74) is -0.336. The summed E-state index contributed by atoms with van der Waals surface area (Å²) in [5, 5.41) is 11.0. The highest BCUT2D eigenvalue weighted by Crippen LogP contribution is 2.29. The van der Waals surface area contributed by atoms with E-state index < -0.39 is 10.9 Å². The minimum Gasteiger partial charge on any atom is -0.465 e. The van der Waals surface area contributed by atoms with E-state index in [0.29, 0.717) is 6.42 Å². The Morgan fingerprint density at radius 2 is 2.05 bits per heavy atom. The average Bonchev–Trinajstić information content (AvgIpc) is 2.46. The van der Waals surface area contributed by atoms with Crippen molar-refractivity contribution in [1.29, 1.82) is 0 Å². The molecule has 0 amide bonds. The Morgan fingerprint density at radius 3 is 2.57 bits per heavy atom. The Balaban J connectivity index is 3.13. The fraction of sp³-hybridized carbons (Fsp3) is 0.286. The van der Waals surface area contributed by atoms with Crippen LogP contribution in [0.25, 0.3) is 0 Å². The molecule has 0 N–H and O–H groups in total. The molecule has 112 valence electrons. The maximum Gasteiger partial charge on any atom is 0.338 e. The monoisotopic (exact) mass is 293 g/mol. The summed E-state index contributed by atoms with van der Waals surface area (Å²) in [5.74, 6) is -0.652. The second-order valence-electron chi connectivity index (χ2n) is 4.11. The van der Waals surface area contributed by atoms with Crippen LogP contribution in [-0.2, 0) is 9.53 Å². The van der Waals surface area contributed by atoms with Crippen molar-refractivity contribution in [2.75, 3.05) is 7.11 Å². The largest absolute Gasteiger partial charge is 0.465 e. The highest BCUT2D eigenvalue weighted by atomic mass is 16.6. The molecule has 0 saturated heterocycles. The standard InChI is InChI=1S/C14H15NO6/c1-4-11(16)7-9(2)21-13-6-5-10(14(17)20-3)8-12(13)15(18)19/h5-8H,4H2,1-3H3/b9-7-. The van der Waals surface area contributed by atoms with Gasteiger partial charge in [0.15, 0.2) is 5.78 Å². The first-order chi connectivity index (χ1) is 9.88. The molecule has 0 aliphatic heterocycles. The fourth-order valence-corrected chi connectivity index (χ4v) is 1.52. The summed E-state index contributed by atoms with van der Waals surface area (Å²) in [6.45, 7) is 3.21. The van der Waals surface area contributed by atoms with Crippen LogP contribution in [0.2, 0.25) is 0 Å². The van der Waals surface area contributed by atoms with Gasteiger partial charge in [-0.15, -0.1) is 0 Å². The molecule has 0 atom stereocenters. The molecular formula is C14H15NO6. The predicted octanol–water partition coefficient (Wildman–Crippen LogP) is 2.64. The Hall–Kier alpha value is -2.70. The fourth-order valence-electron chi connectivity index (χ4n) is 1.52. The van der Waals surface area contributed by atoms with Crippen LogP contribution in [0.5, 0.6) is 5.75 Å². The summed E-state index contributed by atoms with van der Waals surface area (Å²) < 4.78 is 9.79. The van der Waals surface area contributed by atoms with Crippen LogP contribution in [0.4, 0.5) is 5.69 Å². The maximum absolute atomic E-state index is 11.4. The van der Waals surface area contributed by atoms with Crippen LogP contribution in [-0.4, -0.2) is 23.8 Å². The second kappa shape index (κ2) is 7.18. The molecule has 1 aromatic rings. The third-order valence-corrected chi connectivity index (χ3v) is 2.56. The number of esters is 1. The van der Waals surface area contributed by atoms with Gasteiger partial charge in [-0.3, -0.25) is 14.9 Å². The lowest BCUT2D eigenvalue weighted by atomic mass is 10.2. The number of ketones is 1. The van der Waals surface area contributed by atoms with Gasteiger partial charge in [0.05, 0.1) is 17.6 Å². The van der Waals surface area contributed by atoms with E-state index in [0.717, 1.165) is 6.07 Å². The number of ether oxygens (including phenoxy) is 2. The smallest absolute Gasteiger partial charge is 0.338 e. The van der Waals surface area contributed by atoms with E-state index in [-0.39, 0.29) is 28.5 Å². The van der Waals surface area contributed by atoms with Gasteiger partial charge in [-0.2, -0.15) is 0 Å². The number of carbonyl (C=O) groups excluding carboxylic acids is 2. The molecule has 0 unspecified atom stereocenters. The Kier molecular flexibility index (Phi) is 5.59. The quantitative estimate of drug-likeness (QED) is 0.263. The normalized spacial score (nSPS) is 10.9. The van der Waals surface area contributed by atoms with Crippen molar-refractivity contribution >= 4 is 17.4 Å². The van der Waals surface area contributed by atoms with E-state index in [1.54, 1.807) is 6.92 Å². The first kappa shape index (κ1) is 16.4. The van der Waals surface area contributed by atoms with Crippen molar-refractivity contribution in [1.82, 2.24) is 0 Å². The first-order valence-corrected chi connectivity index (χ1v) is 6.14. The van der Waals surface area contributed by atoms with Crippen LogP contribution in [0.15, 0.2) is 30.0 Å². The zero-order valence-electron chi connectivity index (χ0n) is 11.9. The lowest BCUT2D eigenvalue weighted by molar-refractivity contribution is -0.385. The molecule has 7 heteroatoms. The van der Waals surface area contributed by atoms with Crippen molar-refractivity contribution in [3.05, 3.63) is 45.7 Å². The van der Waals surface area contributed by atoms with Crippen LogP contribution in [0.1, 0.15) is 30.6 Å². The van der Waals surface area contributed by atoms with Gasteiger partial charge in [0.25, 0.3) is 0 Å². The Labute approximate surface area is 121 Å². The Bertz CT molecular complexity index is 605. The second-order valence-corrected chi connectivity index (χ2v) is 4.11. The van der Waals surface area contributed by atoms with Crippen molar-refractivity contribution in [2.24, 2.45) is 0 Å². The molecule has 7 nitrogen and oxygen atoms in total. The van der Waals surface area contributed by atoms with E-state index in [4.69, 9.17) is 4.74 Å². The number of carbonyl (C=O) groups is 2. The number of hydrogen-bond acceptors (Lipinski definition) is 6. The van der Waals surface area contributed by atoms with E-state index in [9.17, 15) is 19.7 Å². The number of allylic oxidation sites excluding steroid dienone is 2. The topological polar surface area (TPSA) is 95.7 Å². The molecule has 21 heavy (non-hydrogen) atoms. The summed E-state index contributed by atoms with van der Waals surface area (Å²) in [7, 11) is 1.18. The highest BCUT2D eigenvalue weighted by molar-refractivity contribution is 5.91. The molecule has 0 heterocycles. The summed E-state index contributed by atoms with van der Waals surface area (Å²) in [4.78, 5) is 33.0.